The van der Waals surface area contributed by atoms with Gasteiger partial charge in [-0.2, -0.15) is 0 Å². The van der Waals surface area contributed by atoms with Crippen LogP contribution in [-0.2, 0) is 11.3 Å². The van der Waals surface area contributed by atoms with Crippen molar-refractivity contribution in [1.82, 2.24) is 19.8 Å². The maximum absolute atomic E-state index is 14.1. The summed E-state index contributed by atoms with van der Waals surface area (Å²) in [7, 11) is 1.50. The number of likely N-dealkylation sites (tertiary alicyclic amines) is 1. The van der Waals surface area contributed by atoms with E-state index >= 15 is 0 Å². The largest absolute Gasteiger partial charge is 0.467 e. The van der Waals surface area contributed by atoms with Crippen molar-refractivity contribution in [2.75, 3.05) is 25.5 Å². The van der Waals surface area contributed by atoms with Crippen LogP contribution in [0.5, 0.6) is 6.01 Å². The standard InChI is InChI=1S/C21H19F2N5O3/c1-31-20-24-6-12(7-25-20)14-5-13-4-11(14)8-28(13)18(29)10-27-9-15-17(26-21(27)30)3-2-16(22)19(15)23/h2-3,5-7,11,13H,4,8-10H2,1H3,(H,26,30)/t11-,13-/m0/s1. The molecule has 0 radical (unpaired) electrons. The molecule has 3 aliphatic rings. The molecule has 2 aliphatic heterocycles. The molecule has 3 heterocycles. The van der Waals surface area contributed by atoms with Gasteiger partial charge in [0.1, 0.15) is 6.54 Å². The second kappa shape index (κ2) is 7.29. The first-order valence-electron chi connectivity index (χ1n) is 9.85. The number of hydrogen-bond acceptors (Lipinski definition) is 5. The number of benzene rings is 1. The lowest BCUT2D eigenvalue weighted by molar-refractivity contribution is -0.132. The summed E-state index contributed by atoms with van der Waals surface area (Å²) in [6.45, 7) is 0.151. The van der Waals surface area contributed by atoms with Gasteiger partial charge in [0.25, 0.3) is 0 Å². The summed E-state index contributed by atoms with van der Waals surface area (Å²) in [6.07, 6.45) is 6.22. The van der Waals surface area contributed by atoms with Crippen molar-refractivity contribution in [1.29, 1.82) is 0 Å². The molecule has 2 bridgehead atoms. The third-order valence-electron chi connectivity index (χ3n) is 6.02. The zero-order chi connectivity index (χ0) is 21.7. The summed E-state index contributed by atoms with van der Waals surface area (Å²) in [4.78, 5) is 36.4. The molecule has 5 rings (SSSR count). The van der Waals surface area contributed by atoms with Gasteiger partial charge in [0.05, 0.1) is 25.4 Å². The average Bonchev–Trinajstić information content (AvgIpc) is 3.39. The normalized spacial score (nSPS) is 21.6. The lowest BCUT2D eigenvalue weighted by Crippen LogP contribution is -2.47. The van der Waals surface area contributed by atoms with E-state index in [4.69, 9.17) is 4.74 Å². The average molecular weight is 427 g/mol. The van der Waals surface area contributed by atoms with Crippen LogP contribution in [0.2, 0.25) is 0 Å². The third-order valence-corrected chi connectivity index (χ3v) is 6.02. The number of amides is 3. The second-order valence-corrected chi connectivity index (χ2v) is 7.80. The van der Waals surface area contributed by atoms with Crippen molar-refractivity contribution in [2.24, 2.45) is 5.92 Å². The van der Waals surface area contributed by atoms with Gasteiger partial charge in [0.15, 0.2) is 11.6 Å². The molecule has 1 N–H and O–H groups in total. The number of rotatable bonds is 4. The van der Waals surface area contributed by atoms with Crippen LogP contribution in [-0.4, -0.2) is 57.9 Å². The minimum atomic E-state index is -1.01. The van der Waals surface area contributed by atoms with E-state index in [0.717, 1.165) is 23.6 Å². The molecule has 160 valence electrons. The number of aromatic nitrogens is 2. The summed E-state index contributed by atoms with van der Waals surface area (Å²) in [5, 5.41) is 2.52. The lowest BCUT2D eigenvalue weighted by atomic mass is 9.97. The molecule has 1 fully saturated rings. The van der Waals surface area contributed by atoms with Gasteiger partial charge in [-0.15, -0.1) is 0 Å². The number of methoxy groups -OCH3 is 1. The van der Waals surface area contributed by atoms with E-state index in [0.29, 0.717) is 12.6 Å². The Morgan fingerprint density at radius 1 is 1.29 bits per heavy atom. The number of hydrogen-bond donors (Lipinski definition) is 1. The summed E-state index contributed by atoms with van der Waals surface area (Å²) < 4.78 is 32.7. The Kier molecular flexibility index (Phi) is 4.57. The van der Waals surface area contributed by atoms with Crippen LogP contribution in [0, 0.1) is 17.6 Å². The van der Waals surface area contributed by atoms with Crippen LogP contribution in [0.15, 0.2) is 30.6 Å². The first-order valence-corrected chi connectivity index (χ1v) is 9.85. The first-order chi connectivity index (χ1) is 14.9. The maximum Gasteiger partial charge on any atom is 0.322 e. The predicted molar refractivity (Wildman–Crippen MR) is 106 cm³/mol. The summed E-state index contributed by atoms with van der Waals surface area (Å²) in [5.41, 5.74) is 2.25. The van der Waals surface area contributed by atoms with Gasteiger partial charge in [-0.3, -0.25) is 4.79 Å². The fourth-order valence-electron chi connectivity index (χ4n) is 4.49. The zero-order valence-electron chi connectivity index (χ0n) is 16.6. The highest BCUT2D eigenvalue weighted by Gasteiger charge is 2.42. The summed E-state index contributed by atoms with van der Waals surface area (Å²) in [5.74, 6) is -2.07. The zero-order valence-corrected chi connectivity index (χ0v) is 16.6. The molecule has 0 spiro atoms. The Hall–Kier alpha value is -3.56. The summed E-state index contributed by atoms with van der Waals surface area (Å²) >= 11 is 0. The number of fused-ring (bicyclic) bond motifs is 3. The Morgan fingerprint density at radius 3 is 2.74 bits per heavy atom. The maximum atomic E-state index is 14.1. The van der Waals surface area contributed by atoms with E-state index in [9.17, 15) is 18.4 Å². The highest BCUT2D eigenvalue weighted by atomic mass is 19.2. The molecule has 10 heteroatoms. The van der Waals surface area contributed by atoms with Crippen LogP contribution in [0.3, 0.4) is 0 Å². The van der Waals surface area contributed by atoms with Gasteiger partial charge >= 0.3 is 12.0 Å². The highest BCUT2D eigenvalue weighted by Crippen LogP contribution is 2.42. The Labute approximate surface area is 176 Å². The van der Waals surface area contributed by atoms with E-state index in [1.807, 2.05) is 6.08 Å². The van der Waals surface area contributed by atoms with Crippen molar-refractivity contribution < 1.29 is 23.1 Å². The van der Waals surface area contributed by atoms with Gasteiger partial charge in [-0.05, 0) is 24.1 Å². The molecule has 3 amide bonds. The Morgan fingerprint density at radius 2 is 2.06 bits per heavy atom. The van der Waals surface area contributed by atoms with Crippen molar-refractivity contribution >= 4 is 23.2 Å². The number of ether oxygens (including phenoxy) is 1. The van der Waals surface area contributed by atoms with Crippen LogP contribution >= 0.6 is 0 Å². The lowest BCUT2D eigenvalue weighted by Gasteiger charge is -2.32. The molecule has 2 aromatic rings. The molecule has 0 unspecified atom stereocenters. The molecule has 0 saturated carbocycles. The summed E-state index contributed by atoms with van der Waals surface area (Å²) in [6, 6.07) is 1.99. The number of nitrogens with one attached hydrogen (secondary N) is 1. The van der Waals surface area contributed by atoms with E-state index in [1.165, 1.54) is 18.1 Å². The fraction of sp³-hybridized carbons (Fsp3) is 0.333. The minimum absolute atomic E-state index is 0.0389. The van der Waals surface area contributed by atoms with E-state index < -0.39 is 17.7 Å². The third kappa shape index (κ3) is 3.28. The van der Waals surface area contributed by atoms with Gasteiger partial charge in [-0.1, -0.05) is 6.08 Å². The van der Waals surface area contributed by atoms with E-state index in [2.05, 4.69) is 15.3 Å². The number of carbonyl (C=O) groups is 2. The fourth-order valence-corrected chi connectivity index (χ4v) is 4.49. The molecule has 2 atom stereocenters. The second-order valence-electron chi connectivity index (χ2n) is 7.80. The smallest absolute Gasteiger partial charge is 0.322 e. The molecule has 1 aromatic carbocycles. The van der Waals surface area contributed by atoms with Gasteiger partial charge in [0, 0.05) is 36.0 Å². The van der Waals surface area contributed by atoms with Crippen LogP contribution in [0.4, 0.5) is 19.3 Å². The van der Waals surface area contributed by atoms with Crippen LogP contribution < -0.4 is 10.1 Å². The predicted octanol–water partition coefficient (Wildman–Crippen LogP) is 2.43. The van der Waals surface area contributed by atoms with Crippen molar-refractivity contribution in [3.63, 3.8) is 0 Å². The van der Waals surface area contributed by atoms with E-state index in [1.54, 1.807) is 17.3 Å². The number of nitrogens with zero attached hydrogens (tertiary/aromatic N) is 4. The van der Waals surface area contributed by atoms with Gasteiger partial charge < -0.3 is 19.9 Å². The molecular weight excluding hydrogens is 408 g/mol. The van der Waals surface area contributed by atoms with Crippen molar-refractivity contribution in [3.05, 3.63) is 53.4 Å². The molecule has 1 saturated heterocycles. The number of carbonyl (C=O) groups excluding carboxylic acids is 2. The highest BCUT2D eigenvalue weighted by molar-refractivity contribution is 5.95. The van der Waals surface area contributed by atoms with Crippen LogP contribution in [0.25, 0.3) is 5.57 Å². The first kappa shape index (κ1) is 19.4. The number of halogens is 2. The molecule has 1 aromatic heterocycles. The topological polar surface area (TPSA) is 87.7 Å². The molecular formula is C21H19F2N5O3. The number of anilines is 1. The monoisotopic (exact) mass is 427 g/mol. The van der Waals surface area contributed by atoms with Crippen molar-refractivity contribution in [2.45, 2.75) is 19.0 Å². The minimum Gasteiger partial charge on any atom is -0.467 e. The Bertz CT molecular complexity index is 1100. The molecule has 1 aliphatic carbocycles. The van der Waals surface area contributed by atoms with Crippen LogP contribution in [0.1, 0.15) is 17.5 Å². The molecule has 8 nitrogen and oxygen atoms in total. The SMILES string of the molecule is COc1ncc(C2=C[C@@H]3C[C@H]2CN3C(=O)CN2Cc3c(ccc(F)c3F)NC2=O)cn1. The Balaban J connectivity index is 1.28. The van der Waals surface area contributed by atoms with Crippen molar-refractivity contribution in [3.8, 4) is 6.01 Å². The van der Waals surface area contributed by atoms with Gasteiger partial charge in [0.2, 0.25) is 5.91 Å². The van der Waals surface area contributed by atoms with E-state index in [-0.39, 0.29) is 42.2 Å². The number of urea groups is 1. The molecule has 31 heavy (non-hydrogen) atoms. The quantitative estimate of drug-likeness (QED) is 0.810. The van der Waals surface area contributed by atoms with Gasteiger partial charge in [-0.25, -0.2) is 23.5 Å².